The lowest BCUT2D eigenvalue weighted by atomic mass is 10.2. The lowest BCUT2D eigenvalue weighted by molar-refractivity contribution is -0.385. The van der Waals surface area contributed by atoms with E-state index in [1.807, 2.05) is 13.8 Å². The Morgan fingerprint density at radius 2 is 1.92 bits per heavy atom. The molecular weight excluding hydrogens is 521 g/mol. The van der Waals surface area contributed by atoms with E-state index in [0.717, 1.165) is 18.2 Å². The predicted octanol–water partition coefficient (Wildman–Crippen LogP) is 3.47. The summed E-state index contributed by atoms with van der Waals surface area (Å²) in [7, 11) is -2.89. The number of rotatable bonds is 12. The maximum Gasteiger partial charge on any atom is 0.272 e. The molecule has 0 bridgehead atoms. The molecule has 1 heterocycles. The first-order valence-electron chi connectivity index (χ1n) is 11.6. The first-order valence-corrected chi connectivity index (χ1v) is 13.1. The molecule has 1 amide bonds. The number of nitrogens with zero attached hydrogens (tertiary/aromatic N) is 3. The SMILES string of the molecule is CC[C@@H](C)NC(=O)c1nn(-c2ccc(F)cc2)c(Oc2ccc([N+](=O)[O-])cc2S(=O)(=O)NCCOC)c1C. The van der Waals surface area contributed by atoms with Crippen molar-refractivity contribution in [3.63, 3.8) is 0 Å². The third-order valence-corrected chi connectivity index (χ3v) is 7.06. The Hall–Kier alpha value is -3.88. The van der Waals surface area contributed by atoms with E-state index in [1.54, 1.807) is 6.92 Å². The van der Waals surface area contributed by atoms with Crippen LogP contribution in [0.15, 0.2) is 47.4 Å². The molecule has 12 nitrogen and oxygen atoms in total. The highest BCUT2D eigenvalue weighted by Crippen LogP contribution is 2.35. The van der Waals surface area contributed by atoms with Crippen LogP contribution in [0.3, 0.4) is 0 Å². The molecule has 0 saturated carbocycles. The van der Waals surface area contributed by atoms with Gasteiger partial charge in [-0.2, -0.15) is 9.78 Å². The Kier molecular flexibility index (Phi) is 9.14. The second-order valence-electron chi connectivity index (χ2n) is 8.33. The van der Waals surface area contributed by atoms with Crippen molar-refractivity contribution < 1.29 is 32.0 Å². The summed E-state index contributed by atoms with van der Waals surface area (Å²) in [5.74, 6) is -1.27. The summed E-state index contributed by atoms with van der Waals surface area (Å²) in [6, 6.07) is 8.15. The Labute approximate surface area is 219 Å². The molecule has 38 heavy (non-hydrogen) atoms. The molecule has 0 saturated heterocycles. The zero-order valence-corrected chi connectivity index (χ0v) is 22.0. The molecule has 2 N–H and O–H groups in total. The van der Waals surface area contributed by atoms with Crippen LogP contribution < -0.4 is 14.8 Å². The number of sulfonamides is 1. The van der Waals surface area contributed by atoms with Gasteiger partial charge in [0.1, 0.15) is 16.5 Å². The number of carbonyl (C=O) groups excluding carboxylic acids is 1. The number of benzene rings is 2. The van der Waals surface area contributed by atoms with E-state index in [4.69, 9.17) is 9.47 Å². The van der Waals surface area contributed by atoms with Gasteiger partial charge in [0, 0.05) is 37.4 Å². The summed E-state index contributed by atoms with van der Waals surface area (Å²) < 4.78 is 54.1. The number of nitro benzene ring substituents is 1. The number of aromatic nitrogens is 2. The van der Waals surface area contributed by atoms with E-state index >= 15 is 0 Å². The quantitative estimate of drug-likeness (QED) is 0.198. The van der Waals surface area contributed by atoms with Crippen LogP contribution >= 0.6 is 0 Å². The van der Waals surface area contributed by atoms with Crippen molar-refractivity contribution >= 4 is 21.6 Å². The van der Waals surface area contributed by atoms with E-state index in [-0.39, 0.29) is 42.1 Å². The molecule has 2 aromatic carbocycles. The van der Waals surface area contributed by atoms with Crippen LogP contribution in [0.5, 0.6) is 11.6 Å². The number of nitro groups is 1. The van der Waals surface area contributed by atoms with Crippen molar-refractivity contribution in [1.82, 2.24) is 19.8 Å². The molecule has 14 heteroatoms. The van der Waals surface area contributed by atoms with Crippen LogP contribution in [-0.4, -0.2) is 55.3 Å². The number of amides is 1. The number of carbonyl (C=O) groups is 1. The average Bonchev–Trinajstić information content (AvgIpc) is 3.20. The topological polar surface area (TPSA) is 155 Å². The van der Waals surface area contributed by atoms with Crippen molar-refractivity contribution in [3.05, 3.63) is 69.7 Å². The molecule has 3 rings (SSSR count). The molecule has 0 fully saturated rings. The fourth-order valence-corrected chi connectivity index (χ4v) is 4.49. The minimum Gasteiger partial charge on any atom is -0.437 e. The zero-order chi connectivity index (χ0) is 28.0. The Bertz CT molecular complexity index is 1420. The van der Waals surface area contributed by atoms with Gasteiger partial charge in [-0.15, -0.1) is 0 Å². The van der Waals surface area contributed by atoms with Crippen LogP contribution in [0.1, 0.15) is 36.3 Å². The Morgan fingerprint density at radius 1 is 1.24 bits per heavy atom. The molecule has 0 spiro atoms. The summed E-state index contributed by atoms with van der Waals surface area (Å²) in [5, 5.41) is 18.5. The van der Waals surface area contributed by atoms with Gasteiger partial charge < -0.3 is 14.8 Å². The third kappa shape index (κ3) is 6.51. The summed E-state index contributed by atoms with van der Waals surface area (Å²) in [6.07, 6.45) is 0.674. The highest BCUT2D eigenvalue weighted by molar-refractivity contribution is 7.89. The van der Waals surface area contributed by atoms with Crippen LogP contribution in [0.4, 0.5) is 10.1 Å². The van der Waals surface area contributed by atoms with Crippen LogP contribution in [0, 0.1) is 22.9 Å². The molecule has 1 aromatic heterocycles. The minimum atomic E-state index is -4.28. The number of hydrogen-bond acceptors (Lipinski definition) is 8. The smallest absolute Gasteiger partial charge is 0.272 e. The molecular formula is C24H28FN5O7S. The van der Waals surface area contributed by atoms with Gasteiger partial charge in [0.2, 0.25) is 15.9 Å². The third-order valence-electron chi connectivity index (χ3n) is 5.58. The van der Waals surface area contributed by atoms with Crippen molar-refractivity contribution in [2.75, 3.05) is 20.3 Å². The summed E-state index contributed by atoms with van der Waals surface area (Å²) in [4.78, 5) is 23.1. The lowest BCUT2D eigenvalue weighted by Gasteiger charge is -2.14. The van der Waals surface area contributed by atoms with E-state index in [9.17, 15) is 27.7 Å². The van der Waals surface area contributed by atoms with Gasteiger partial charge in [-0.05, 0) is 50.6 Å². The number of methoxy groups -OCH3 is 1. The number of hydrogen-bond donors (Lipinski definition) is 2. The van der Waals surface area contributed by atoms with Crippen molar-refractivity contribution in [1.29, 1.82) is 0 Å². The van der Waals surface area contributed by atoms with Crippen molar-refractivity contribution in [2.45, 2.75) is 38.1 Å². The van der Waals surface area contributed by atoms with Gasteiger partial charge in [0.05, 0.1) is 17.2 Å². The number of halogens is 1. The average molecular weight is 550 g/mol. The Morgan fingerprint density at radius 3 is 2.53 bits per heavy atom. The maximum atomic E-state index is 13.6. The summed E-state index contributed by atoms with van der Waals surface area (Å²) >= 11 is 0. The van der Waals surface area contributed by atoms with Crippen molar-refractivity contribution in [3.8, 4) is 17.3 Å². The highest BCUT2D eigenvalue weighted by atomic mass is 32.2. The van der Waals surface area contributed by atoms with Gasteiger partial charge in [0.25, 0.3) is 11.6 Å². The Balaban J connectivity index is 2.16. The normalized spacial score (nSPS) is 12.2. The zero-order valence-electron chi connectivity index (χ0n) is 21.2. The van der Waals surface area contributed by atoms with Gasteiger partial charge >= 0.3 is 0 Å². The second-order valence-corrected chi connectivity index (χ2v) is 10.1. The summed E-state index contributed by atoms with van der Waals surface area (Å²) in [6.45, 7) is 5.26. The molecule has 1 atom stereocenters. The molecule has 0 aliphatic heterocycles. The van der Waals surface area contributed by atoms with Gasteiger partial charge in [-0.3, -0.25) is 14.9 Å². The van der Waals surface area contributed by atoms with Gasteiger partial charge in [-0.25, -0.2) is 17.5 Å². The van der Waals surface area contributed by atoms with Gasteiger partial charge in [-0.1, -0.05) is 6.92 Å². The first kappa shape index (κ1) is 28.7. The molecule has 0 aliphatic rings. The number of ether oxygens (including phenoxy) is 2. The second kappa shape index (κ2) is 12.1. The maximum absolute atomic E-state index is 13.6. The van der Waals surface area contributed by atoms with Crippen LogP contribution in [0.2, 0.25) is 0 Å². The minimum absolute atomic E-state index is 0.00848. The predicted molar refractivity (Wildman–Crippen MR) is 136 cm³/mol. The molecule has 204 valence electrons. The molecule has 0 unspecified atom stereocenters. The first-order chi connectivity index (χ1) is 18.0. The van der Waals surface area contributed by atoms with E-state index in [2.05, 4.69) is 15.1 Å². The van der Waals surface area contributed by atoms with E-state index in [0.29, 0.717) is 12.1 Å². The number of non-ortho nitro benzene ring substituents is 1. The summed E-state index contributed by atoms with van der Waals surface area (Å²) in [5.41, 5.74) is 0.136. The molecule has 0 radical (unpaired) electrons. The standard InChI is InChI=1S/C24H28FN5O7S/c1-5-15(2)27-23(31)22-16(3)24(29(28-22)18-8-6-17(25)7-9-18)37-20-11-10-19(30(32)33)14-21(20)38(34,35)26-12-13-36-4/h6-11,14-15,26H,5,12-13H2,1-4H3,(H,27,31)/t15-/m1/s1. The van der Waals surface area contributed by atoms with E-state index in [1.165, 1.54) is 36.1 Å². The van der Waals surface area contributed by atoms with Crippen LogP contribution in [0.25, 0.3) is 5.69 Å². The molecule has 0 aliphatic carbocycles. The van der Waals surface area contributed by atoms with Crippen molar-refractivity contribution in [2.24, 2.45) is 0 Å². The van der Waals surface area contributed by atoms with Crippen LogP contribution in [-0.2, 0) is 14.8 Å². The lowest BCUT2D eigenvalue weighted by Crippen LogP contribution is -2.32. The fraction of sp³-hybridized carbons (Fsp3) is 0.333. The van der Waals surface area contributed by atoms with E-state index < -0.39 is 37.3 Å². The number of nitrogens with one attached hydrogen (secondary N) is 2. The fourth-order valence-electron chi connectivity index (χ4n) is 3.33. The van der Waals surface area contributed by atoms with Gasteiger partial charge in [0.15, 0.2) is 5.69 Å². The molecule has 3 aromatic rings. The monoisotopic (exact) mass is 549 g/mol. The largest absolute Gasteiger partial charge is 0.437 e. The highest BCUT2D eigenvalue weighted by Gasteiger charge is 2.28.